The van der Waals surface area contributed by atoms with E-state index in [0.29, 0.717) is 5.92 Å². The Labute approximate surface area is 239 Å². The Morgan fingerprint density at radius 1 is 1.15 bits per heavy atom. The predicted molar refractivity (Wildman–Crippen MR) is 146 cm³/mol. The highest BCUT2D eigenvalue weighted by molar-refractivity contribution is 7.13. The van der Waals surface area contributed by atoms with Gasteiger partial charge in [0.15, 0.2) is 6.04 Å². The smallest absolute Gasteiger partial charge is 0.391 e. The van der Waals surface area contributed by atoms with E-state index in [-0.39, 0.29) is 18.5 Å². The summed E-state index contributed by atoms with van der Waals surface area (Å²) in [5, 5.41) is 20.9. The van der Waals surface area contributed by atoms with Crippen LogP contribution in [0.5, 0.6) is 0 Å². The van der Waals surface area contributed by atoms with Gasteiger partial charge in [-0.15, -0.1) is 16.4 Å². The van der Waals surface area contributed by atoms with Crippen molar-refractivity contribution in [1.82, 2.24) is 30.2 Å². The summed E-state index contributed by atoms with van der Waals surface area (Å²) >= 11 is 1.39. The van der Waals surface area contributed by atoms with Crippen molar-refractivity contribution >= 4 is 23.2 Å². The summed E-state index contributed by atoms with van der Waals surface area (Å²) in [6.07, 6.45) is -2.29. The van der Waals surface area contributed by atoms with Gasteiger partial charge in [-0.2, -0.15) is 13.2 Å². The number of hydrogen-bond acceptors (Lipinski definition) is 7. The standard InChI is InChI=1S/C28H33F3N6O3S/c1-15-22(41-14-32-15)17-7-9-18(10-8-17)23(28(29,30)31)33-25(39)21-11-19(38)12-36(21)26(40)24(27(2,3)4)37-13-20(34-35-37)16-5-6-16/h7-10,13-14,16,19,21,23-24,38H,5-6,11-12H2,1-4H3,(H,33,39)/t19-,21+,23?,24?/m1/s1. The molecule has 1 aromatic carbocycles. The third kappa shape index (κ3) is 6.15. The molecule has 2 aliphatic rings. The molecule has 0 bridgehead atoms. The average Bonchev–Trinajstić information content (AvgIpc) is 3.26. The van der Waals surface area contributed by atoms with Gasteiger partial charge < -0.3 is 15.3 Å². The molecule has 1 aliphatic carbocycles. The van der Waals surface area contributed by atoms with Crippen LogP contribution in [0.25, 0.3) is 10.4 Å². The highest BCUT2D eigenvalue weighted by Gasteiger charge is 2.48. The Morgan fingerprint density at radius 2 is 1.83 bits per heavy atom. The number of aliphatic hydroxyl groups excluding tert-OH is 1. The SMILES string of the molecule is Cc1ncsc1-c1ccc(C(NC(=O)[C@@H]2C[C@@H](O)CN2C(=O)C(n2cc(C3CC3)nn2)C(C)(C)C)C(F)(F)F)cc1. The number of hydrogen-bond donors (Lipinski definition) is 2. The lowest BCUT2D eigenvalue weighted by Gasteiger charge is -2.35. The first kappa shape index (κ1) is 29.2. The van der Waals surface area contributed by atoms with Crippen molar-refractivity contribution in [2.75, 3.05) is 6.54 Å². The summed E-state index contributed by atoms with van der Waals surface area (Å²) in [6.45, 7) is 7.17. The van der Waals surface area contributed by atoms with Crippen LogP contribution in [-0.2, 0) is 9.59 Å². The van der Waals surface area contributed by atoms with Gasteiger partial charge in [0, 0.05) is 25.1 Å². The van der Waals surface area contributed by atoms with Crippen LogP contribution in [0.2, 0.25) is 0 Å². The zero-order valence-corrected chi connectivity index (χ0v) is 24.0. The number of nitrogens with zero attached hydrogens (tertiary/aromatic N) is 5. The lowest BCUT2D eigenvalue weighted by Crippen LogP contribution is -2.52. The van der Waals surface area contributed by atoms with E-state index in [4.69, 9.17) is 0 Å². The molecule has 2 unspecified atom stereocenters. The van der Waals surface area contributed by atoms with E-state index in [2.05, 4.69) is 20.6 Å². The highest BCUT2D eigenvalue weighted by Crippen LogP contribution is 2.41. The maximum absolute atomic E-state index is 14.2. The Morgan fingerprint density at radius 3 is 2.39 bits per heavy atom. The van der Waals surface area contributed by atoms with E-state index < -0.39 is 47.6 Å². The third-order valence-corrected chi connectivity index (χ3v) is 8.55. The molecule has 3 aromatic rings. The van der Waals surface area contributed by atoms with E-state index in [0.717, 1.165) is 34.7 Å². The van der Waals surface area contributed by atoms with E-state index in [1.807, 2.05) is 27.7 Å². The van der Waals surface area contributed by atoms with Crippen molar-refractivity contribution in [2.45, 2.75) is 83.3 Å². The first-order chi connectivity index (χ1) is 19.2. The summed E-state index contributed by atoms with van der Waals surface area (Å²) in [5.74, 6) is -1.18. The third-order valence-electron chi connectivity index (χ3n) is 7.57. The van der Waals surface area contributed by atoms with Gasteiger partial charge in [0.1, 0.15) is 12.1 Å². The van der Waals surface area contributed by atoms with E-state index in [1.165, 1.54) is 33.1 Å². The molecule has 220 valence electrons. The lowest BCUT2D eigenvalue weighted by atomic mass is 9.85. The number of β-amino-alcohol motifs (C(OH)–C–C–N with tert-alkyl or cyclic N) is 1. The second kappa shape index (κ2) is 10.8. The minimum absolute atomic E-state index is 0.143. The fourth-order valence-corrected chi connectivity index (χ4v) is 6.14. The van der Waals surface area contributed by atoms with Gasteiger partial charge in [-0.3, -0.25) is 9.59 Å². The second-order valence-corrected chi connectivity index (χ2v) is 12.8. The van der Waals surface area contributed by atoms with Crippen LogP contribution in [0.3, 0.4) is 0 Å². The van der Waals surface area contributed by atoms with E-state index in [1.54, 1.807) is 23.8 Å². The topological polar surface area (TPSA) is 113 Å². The molecule has 3 heterocycles. The molecule has 1 aliphatic heterocycles. The molecule has 41 heavy (non-hydrogen) atoms. The summed E-state index contributed by atoms with van der Waals surface area (Å²) < 4.78 is 44.2. The summed E-state index contributed by atoms with van der Waals surface area (Å²) in [5.41, 5.74) is 3.15. The molecule has 2 fully saturated rings. The second-order valence-electron chi connectivity index (χ2n) is 11.9. The van der Waals surface area contributed by atoms with Gasteiger partial charge in [0.05, 0.1) is 27.9 Å². The van der Waals surface area contributed by atoms with Crippen molar-refractivity contribution in [3.8, 4) is 10.4 Å². The Balaban J connectivity index is 1.38. The number of amides is 2. The molecule has 2 amide bonds. The minimum atomic E-state index is -4.79. The number of thiazole rings is 1. The fourth-order valence-electron chi connectivity index (χ4n) is 5.32. The Hall–Kier alpha value is -3.32. The van der Waals surface area contributed by atoms with Gasteiger partial charge in [-0.25, -0.2) is 9.67 Å². The number of rotatable bonds is 7. The predicted octanol–water partition coefficient (Wildman–Crippen LogP) is 4.56. The average molecular weight is 591 g/mol. The molecule has 5 rings (SSSR count). The van der Waals surface area contributed by atoms with Crippen molar-refractivity contribution in [3.05, 3.63) is 52.9 Å². The number of aromatic nitrogens is 4. The summed E-state index contributed by atoms with van der Waals surface area (Å²) in [7, 11) is 0. The lowest BCUT2D eigenvalue weighted by molar-refractivity contribution is -0.165. The number of carbonyl (C=O) groups is 2. The normalized spacial score (nSPS) is 21.1. The molecule has 1 saturated heterocycles. The number of halogens is 3. The van der Waals surface area contributed by atoms with Gasteiger partial charge in [0.2, 0.25) is 11.8 Å². The fraction of sp³-hybridized carbons (Fsp3) is 0.536. The van der Waals surface area contributed by atoms with Crippen molar-refractivity contribution < 1.29 is 27.9 Å². The van der Waals surface area contributed by atoms with Crippen LogP contribution in [0.1, 0.15) is 75.0 Å². The Bertz CT molecular complexity index is 1410. The number of likely N-dealkylation sites (tertiary alicyclic amines) is 1. The zero-order chi connectivity index (χ0) is 29.7. The van der Waals surface area contributed by atoms with Crippen LogP contribution in [0.15, 0.2) is 36.0 Å². The quantitative estimate of drug-likeness (QED) is 0.417. The number of aliphatic hydroxyl groups is 1. The largest absolute Gasteiger partial charge is 0.412 e. The number of benzene rings is 1. The van der Waals surface area contributed by atoms with Crippen LogP contribution >= 0.6 is 11.3 Å². The molecule has 0 spiro atoms. The van der Waals surface area contributed by atoms with Crippen LogP contribution in [0, 0.1) is 12.3 Å². The molecule has 2 aromatic heterocycles. The minimum Gasteiger partial charge on any atom is -0.391 e. The van der Waals surface area contributed by atoms with E-state index in [9.17, 15) is 27.9 Å². The van der Waals surface area contributed by atoms with Crippen LogP contribution in [-0.4, -0.2) is 66.7 Å². The molecule has 13 heteroatoms. The van der Waals surface area contributed by atoms with Crippen molar-refractivity contribution in [1.29, 1.82) is 0 Å². The van der Waals surface area contributed by atoms with Gasteiger partial charge >= 0.3 is 6.18 Å². The summed E-state index contributed by atoms with van der Waals surface area (Å²) in [4.78, 5) is 33.5. The number of nitrogens with one attached hydrogen (secondary N) is 1. The zero-order valence-electron chi connectivity index (χ0n) is 23.2. The molecule has 9 nitrogen and oxygen atoms in total. The maximum atomic E-state index is 14.2. The monoisotopic (exact) mass is 590 g/mol. The Kier molecular flexibility index (Phi) is 7.70. The molecular formula is C28H33F3N6O3S. The molecule has 1 saturated carbocycles. The molecular weight excluding hydrogens is 557 g/mol. The van der Waals surface area contributed by atoms with Gasteiger partial charge in [0.25, 0.3) is 0 Å². The van der Waals surface area contributed by atoms with Gasteiger partial charge in [-0.05, 0) is 36.3 Å². The van der Waals surface area contributed by atoms with Crippen LogP contribution < -0.4 is 5.32 Å². The highest BCUT2D eigenvalue weighted by atomic mass is 32.1. The number of alkyl halides is 3. The number of aryl methyl sites for hydroxylation is 1. The van der Waals surface area contributed by atoms with Crippen LogP contribution in [0.4, 0.5) is 13.2 Å². The first-order valence-corrected chi connectivity index (χ1v) is 14.4. The number of carbonyl (C=O) groups excluding carboxylic acids is 2. The molecule has 0 radical (unpaired) electrons. The molecule has 2 N–H and O–H groups in total. The first-order valence-electron chi connectivity index (χ1n) is 13.5. The molecule has 4 atom stereocenters. The van der Waals surface area contributed by atoms with Crippen molar-refractivity contribution in [3.63, 3.8) is 0 Å². The van der Waals surface area contributed by atoms with E-state index >= 15 is 0 Å². The van der Waals surface area contributed by atoms with Crippen molar-refractivity contribution in [2.24, 2.45) is 5.41 Å². The summed E-state index contributed by atoms with van der Waals surface area (Å²) in [6, 6.07) is 1.35. The maximum Gasteiger partial charge on any atom is 0.412 e. The van der Waals surface area contributed by atoms with Gasteiger partial charge in [-0.1, -0.05) is 50.3 Å².